The number of pyridine rings is 1. The van der Waals surface area contributed by atoms with Crippen LogP contribution in [0.4, 0.5) is 52.7 Å². The Bertz CT molecular complexity index is 2780. The number of nitrogens with zero attached hydrogens (tertiary/aromatic N) is 4. The molecule has 0 saturated carbocycles. The predicted octanol–water partition coefficient (Wildman–Crippen LogP) is 12.9. The van der Waals surface area contributed by atoms with Crippen molar-refractivity contribution < 1.29 is 52.7 Å². The molecule has 0 bridgehead atoms. The molecule has 0 N–H and O–H groups in total. The lowest BCUT2D eigenvalue weighted by Crippen LogP contribution is -2.06. The largest absolute Gasteiger partial charge is 0.416 e. The minimum atomic E-state index is -4.86. The third-order valence-corrected chi connectivity index (χ3v) is 9.53. The first-order valence-electron chi connectivity index (χ1n) is 16.2. The van der Waals surface area contributed by atoms with E-state index in [4.69, 9.17) is 0 Å². The van der Waals surface area contributed by atoms with Gasteiger partial charge in [-0.3, -0.25) is 4.98 Å². The zero-order valence-corrected chi connectivity index (χ0v) is 27.7. The number of hydrogen-bond acceptors (Lipinski definition) is 2. The lowest BCUT2D eigenvalue weighted by molar-refractivity contribution is -0.138. The number of nitriles is 1. The standard InChI is InChI=1S/C40H18F12N4/c41-37(42,43)22-3-7-31-27(13-22)28-14-23(38(44,45)46)4-8-32(28)55(31)35-17-26(20-2-1-11-54-19-20)36(12-21(35)18-53)56-33-9-5-24(39(47,48)49)15-29(33)30-16-25(40(50,51)52)6-10-34(30)56/h1-17,19H. The maximum Gasteiger partial charge on any atom is 0.416 e. The summed E-state index contributed by atoms with van der Waals surface area (Å²) in [5, 5.41) is 9.79. The Labute approximate surface area is 306 Å². The molecule has 282 valence electrons. The summed E-state index contributed by atoms with van der Waals surface area (Å²) in [4.78, 5) is 4.14. The van der Waals surface area contributed by atoms with Crippen LogP contribution in [0, 0.1) is 11.3 Å². The Morgan fingerprint density at radius 1 is 0.464 bits per heavy atom. The maximum atomic E-state index is 13.9. The number of hydrogen-bond donors (Lipinski definition) is 0. The molecule has 56 heavy (non-hydrogen) atoms. The van der Waals surface area contributed by atoms with Crippen LogP contribution in [0.25, 0.3) is 66.1 Å². The summed E-state index contributed by atoms with van der Waals surface area (Å²) < 4.78 is 170. The molecule has 8 aromatic rings. The van der Waals surface area contributed by atoms with Gasteiger partial charge in [0.25, 0.3) is 0 Å². The Morgan fingerprint density at radius 2 is 0.839 bits per heavy atom. The van der Waals surface area contributed by atoms with Gasteiger partial charge in [0.1, 0.15) is 6.07 Å². The molecule has 0 fully saturated rings. The fourth-order valence-electron chi connectivity index (χ4n) is 7.06. The number of benzene rings is 5. The molecule has 0 saturated heterocycles. The average Bonchev–Trinajstić information content (AvgIpc) is 3.64. The van der Waals surface area contributed by atoms with E-state index in [1.807, 2.05) is 6.07 Å². The van der Waals surface area contributed by atoms with Gasteiger partial charge in [0.2, 0.25) is 0 Å². The Balaban J connectivity index is 1.50. The maximum absolute atomic E-state index is 13.9. The summed E-state index contributed by atoms with van der Waals surface area (Å²) in [6.45, 7) is 0. The van der Waals surface area contributed by atoms with Crippen molar-refractivity contribution in [2.24, 2.45) is 0 Å². The van der Waals surface area contributed by atoms with Gasteiger partial charge in [0, 0.05) is 45.1 Å². The fourth-order valence-corrected chi connectivity index (χ4v) is 7.06. The van der Waals surface area contributed by atoms with Crippen LogP contribution in [-0.2, 0) is 24.7 Å². The highest BCUT2D eigenvalue weighted by Crippen LogP contribution is 2.45. The van der Waals surface area contributed by atoms with Crippen molar-refractivity contribution in [3.8, 4) is 28.6 Å². The molecule has 0 unspecified atom stereocenters. The van der Waals surface area contributed by atoms with Crippen LogP contribution < -0.4 is 0 Å². The molecule has 0 aliphatic rings. The quantitative estimate of drug-likeness (QED) is 0.168. The molecule has 4 nitrogen and oxygen atoms in total. The van der Waals surface area contributed by atoms with E-state index in [1.54, 1.807) is 6.07 Å². The van der Waals surface area contributed by atoms with Crippen LogP contribution in [-0.4, -0.2) is 14.1 Å². The van der Waals surface area contributed by atoms with Crippen molar-refractivity contribution in [2.75, 3.05) is 0 Å². The highest BCUT2D eigenvalue weighted by Gasteiger charge is 2.35. The van der Waals surface area contributed by atoms with Gasteiger partial charge in [-0.15, -0.1) is 0 Å². The van der Waals surface area contributed by atoms with Crippen molar-refractivity contribution in [3.05, 3.63) is 137 Å². The molecule has 0 radical (unpaired) electrons. The first-order chi connectivity index (χ1) is 26.3. The van der Waals surface area contributed by atoms with Gasteiger partial charge in [0.05, 0.1) is 61.3 Å². The molecule has 3 heterocycles. The number of halogens is 12. The van der Waals surface area contributed by atoms with E-state index in [9.17, 15) is 57.9 Å². The summed E-state index contributed by atoms with van der Waals surface area (Å²) in [7, 11) is 0. The van der Waals surface area contributed by atoms with E-state index in [0.717, 1.165) is 60.7 Å². The molecular formula is C40H18F12N4. The normalized spacial score (nSPS) is 13.0. The molecule has 16 heteroatoms. The van der Waals surface area contributed by atoms with Crippen LogP contribution in [0.5, 0.6) is 0 Å². The summed E-state index contributed by atoms with van der Waals surface area (Å²) in [5.74, 6) is 0. The van der Waals surface area contributed by atoms with Crippen LogP contribution >= 0.6 is 0 Å². The molecule has 0 atom stereocenters. The van der Waals surface area contributed by atoms with Crippen molar-refractivity contribution in [3.63, 3.8) is 0 Å². The third kappa shape index (κ3) is 5.94. The number of fused-ring (bicyclic) bond motifs is 6. The number of alkyl halides is 12. The molecule has 8 rings (SSSR count). The van der Waals surface area contributed by atoms with Gasteiger partial charge in [0.15, 0.2) is 0 Å². The lowest BCUT2D eigenvalue weighted by atomic mass is 10.0. The topological polar surface area (TPSA) is 46.5 Å². The smallest absolute Gasteiger partial charge is 0.309 e. The Morgan fingerprint density at radius 3 is 1.16 bits per heavy atom. The van der Waals surface area contributed by atoms with Crippen molar-refractivity contribution >= 4 is 43.6 Å². The zero-order chi connectivity index (χ0) is 40.1. The first-order valence-corrected chi connectivity index (χ1v) is 16.2. The second-order valence-electron chi connectivity index (χ2n) is 12.8. The SMILES string of the molecule is N#Cc1cc(-n2c3ccc(C(F)(F)F)cc3c3cc(C(F)(F)F)ccc32)c(-c2cccnc2)cc1-n1c2ccc(C(F)(F)F)cc2c2cc(C(F)(F)F)ccc21. The first kappa shape index (κ1) is 36.5. The molecule has 0 amide bonds. The van der Waals surface area contributed by atoms with E-state index >= 15 is 0 Å². The van der Waals surface area contributed by atoms with Gasteiger partial charge < -0.3 is 9.13 Å². The predicted molar refractivity (Wildman–Crippen MR) is 183 cm³/mol. The average molecular weight is 783 g/mol. The Hall–Kier alpha value is -6.50. The van der Waals surface area contributed by atoms with E-state index < -0.39 is 47.0 Å². The lowest BCUT2D eigenvalue weighted by Gasteiger charge is -2.19. The van der Waals surface area contributed by atoms with E-state index in [1.165, 1.54) is 39.7 Å². The summed E-state index contributed by atoms with van der Waals surface area (Å²) in [6, 6.07) is 18.0. The number of rotatable bonds is 3. The van der Waals surface area contributed by atoms with Gasteiger partial charge >= 0.3 is 24.7 Å². The van der Waals surface area contributed by atoms with Crippen molar-refractivity contribution in [1.82, 2.24) is 14.1 Å². The van der Waals surface area contributed by atoms with Crippen LogP contribution in [0.1, 0.15) is 27.8 Å². The summed E-state index contributed by atoms with van der Waals surface area (Å²) in [5.41, 5.74) is -4.02. The minimum Gasteiger partial charge on any atom is -0.309 e. The van der Waals surface area contributed by atoms with Crippen LogP contribution in [0.3, 0.4) is 0 Å². The molecule has 0 spiro atoms. The third-order valence-electron chi connectivity index (χ3n) is 9.53. The summed E-state index contributed by atoms with van der Waals surface area (Å²) in [6.07, 6.45) is -16.6. The van der Waals surface area contributed by atoms with Gasteiger partial charge in [-0.25, -0.2) is 0 Å². The minimum absolute atomic E-state index is 0.00457. The molecule has 0 aliphatic carbocycles. The fraction of sp³-hybridized carbons (Fsp3) is 0.100. The molecule has 0 aliphatic heterocycles. The van der Waals surface area contributed by atoms with Crippen molar-refractivity contribution in [2.45, 2.75) is 24.7 Å². The van der Waals surface area contributed by atoms with Crippen LogP contribution in [0.2, 0.25) is 0 Å². The van der Waals surface area contributed by atoms with Gasteiger partial charge in [-0.2, -0.15) is 57.9 Å². The zero-order valence-electron chi connectivity index (χ0n) is 27.7. The molecular weight excluding hydrogens is 764 g/mol. The van der Waals surface area contributed by atoms with E-state index in [2.05, 4.69) is 4.98 Å². The number of aromatic nitrogens is 3. The van der Waals surface area contributed by atoms with Gasteiger partial charge in [-0.1, -0.05) is 6.07 Å². The molecule has 3 aromatic heterocycles. The van der Waals surface area contributed by atoms with Gasteiger partial charge in [-0.05, 0) is 91.0 Å². The molecule has 5 aromatic carbocycles. The van der Waals surface area contributed by atoms with E-state index in [0.29, 0.717) is 17.7 Å². The Kier molecular flexibility index (Phi) is 7.98. The monoisotopic (exact) mass is 782 g/mol. The second-order valence-corrected chi connectivity index (χ2v) is 12.8. The van der Waals surface area contributed by atoms with Crippen LogP contribution in [0.15, 0.2) is 109 Å². The van der Waals surface area contributed by atoms with E-state index in [-0.39, 0.29) is 66.1 Å². The second kappa shape index (κ2) is 12.3. The summed E-state index contributed by atoms with van der Waals surface area (Å²) >= 11 is 0. The highest BCUT2D eigenvalue weighted by atomic mass is 19.4. The van der Waals surface area contributed by atoms with Crippen molar-refractivity contribution in [1.29, 1.82) is 5.26 Å². The highest BCUT2D eigenvalue weighted by molar-refractivity contribution is 6.12.